The molecule has 76 valence electrons. The molecular formula is C13H14N2. The summed E-state index contributed by atoms with van der Waals surface area (Å²) in [6.45, 7) is 2.18. The van der Waals surface area contributed by atoms with E-state index in [4.69, 9.17) is 0 Å². The summed E-state index contributed by atoms with van der Waals surface area (Å²) in [4.78, 5) is 7.14. The van der Waals surface area contributed by atoms with Crippen LogP contribution >= 0.6 is 0 Å². The molecule has 3 aliphatic rings. The highest BCUT2D eigenvalue weighted by molar-refractivity contribution is 5.88. The Labute approximate surface area is 89.6 Å². The van der Waals surface area contributed by atoms with Crippen LogP contribution in [-0.2, 0) is 6.42 Å². The minimum Gasteiger partial charge on any atom is -0.355 e. The van der Waals surface area contributed by atoms with Gasteiger partial charge in [-0.05, 0) is 17.5 Å². The van der Waals surface area contributed by atoms with E-state index in [0.29, 0.717) is 0 Å². The molecule has 1 aromatic rings. The molecule has 1 fully saturated rings. The SMILES string of the molecule is c1ccc2c(c1)C[C@H]1[C@@H]2CC2=NCCN21. The normalized spacial score (nSPS) is 31.2. The maximum absolute atomic E-state index is 4.60. The van der Waals surface area contributed by atoms with Gasteiger partial charge in [0.2, 0.25) is 0 Å². The van der Waals surface area contributed by atoms with Gasteiger partial charge in [-0.15, -0.1) is 0 Å². The summed E-state index contributed by atoms with van der Waals surface area (Å²) < 4.78 is 0. The fourth-order valence-corrected chi connectivity index (χ4v) is 3.47. The zero-order valence-corrected chi connectivity index (χ0v) is 8.69. The van der Waals surface area contributed by atoms with Crippen molar-refractivity contribution < 1.29 is 0 Å². The number of rotatable bonds is 0. The average molecular weight is 198 g/mol. The van der Waals surface area contributed by atoms with Crippen molar-refractivity contribution in [2.24, 2.45) is 4.99 Å². The van der Waals surface area contributed by atoms with Crippen LogP contribution in [0, 0.1) is 0 Å². The monoisotopic (exact) mass is 198 g/mol. The van der Waals surface area contributed by atoms with Gasteiger partial charge in [-0.1, -0.05) is 24.3 Å². The molecule has 0 spiro atoms. The van der Waals surface area contributed by atoms with Crippen molar-refractivity contribution >= 4 is 5.84 Å². The topological polar surface area (TPSA) is 15.6 Å². The molecule has 0 aromatic heterocycles. The van der Waals surface area contributed by atoms with Crippen LogP contribution in [-0.4, -0.2) is 29.9 Å². The van der Waals surface area contributed by atoms with E-state index in [0.717, 1.165) is 25.0 Å². The lowest BCUT2D eigenvalue weighted by Gasteiger charge is -2.21. The Morgan fingerprint density at radius 2 is 2.13 bits per heavy atom. The quantitative estimate of drug-likeness (QED) is 0.621. The number of aliphatic imine (C=N–C) groups is 1. The van der Waals surface area contributed by atoms with Crippen molar-refractivity contribution in [3.63, 3.8) is 0 Å². The van der Waals surface area contributed by atoms with Gasteiger partial charge in [0, 0.05) is 24.9 Å². The fraction of sp³-hybridized carbons (Fsp3) is 0.462. The highest BCUT2D eigenvalue weighted by Gasteiger charge is 2.44. The Balaban J connectivity index is 1.80. The predicted molar refractivity (Wildman–Crippen MR) is 60.3 cm³/mol. The predicted octanol–water partition coefficient (Wildman–Crippen LogP) is 1.81. The number of hydrogen-bond donors (Lipinski definition) is 0. The van der Waals surface area contributed by atoms with Crippen molar-refractivity contribution in [3.05, 3.63) is 35.4 Å². The summed E-state index contributed by atoms with van der Waals surface area (Å²) in [5, 5.41) is 0. The van der Waals surface area contributed by atoms with Gasteiger partial charge in [-0.2, -0.15) is 0 Å². The third-order valence-electron chi connectivity index (χ3n) is 4.12. The van der Waals surface area contributed by atoms with E-state index in [1.165, 1.54) is 18.7 Å². The molecule has 0 radical (unpaired) electrons. The first-order valence-corrected chi connectivity index (χ1v) is 5.81. The molecule has 0 bridgehead atoms. The summed E-state index contributed by atoms with van der Waals surface area (Å²) in [6, 6.07) is 9.66. The lowest BCUT2D eigenvalue weighted by molar-refractivity contribution is 0.350. The largest absolute Gasteiger partial charge is 0.355 e. The smallest absolute Gasteiger partial charge is 0.1000 e. The molecule has 0 amide bonds. The van der Waals surface area contributed by atoms with Gasteiger partial charge in [-0.3, -0.25) is 4.99 Å². The van der Waals surface area contributed by atoms with Gasteiger partial charge < -0.3 is 4.90 Å². The minimum absolute atomic E-state index is 0.726. The second-order valence-corrected chi connectivity index (χ2v) is 4.77. The van der Waals surface area contributed by atoms with Crippen LogP contribution in [0.1, 0.15) is 23.5 Å². The van der Waals surface area contributed by atoms with E-state index in [9.17, 15) is 0 Å². The molecule has 2 nitrogen and oxygen atoms in total. The lowest BCUT2D eigenvalue weighted by atomic mass is 9.98. The van der Waals surface area contributed by atoms with Gasteiger partial charge in [0.05, 0.1) is 12.4 Å². The summed E-state index contributed by atoms with van der Waals surface area (Å²) in [6.07, 6.45) is 2.42. The van der Waals surface area contributed by atoms with Crippen molar-refractivity contribution in [3.8, 4) is 0 Å². The Morgan fingerprint density at radius 3 is 3.13 bits per heavy atom. The molecule has 4 rings (SSSR count). The molecule has 1 aliphatic carbocycles. The molecule has 0 N–H and O–H groups in total. The number of nitrogens with zero attached hydrogens (tertiary/aromatic N) is 2. The maximum atomic E-state index is 4.60. The third-order valence-corrected chi connectivity index (χ3v) is 4.12. The maximum Gasteiger partial charge on any atom is 0.1000 e. The first-order chi connectivity index (χ1) is 7.43. The van der Waals surface area contributed by atoms with E-state index < -0.39 is 0 Å². The van der Waals surface area contributed by atoms with E-state index >= 15 is 0 Å². The van der Waals surface area contributed by atoms with Gasteiger partial charge in [-0.25, -0.2) is 0 Å². The van der Waals surface area contributed by atoms with Crippen LogP contribution in [0.3, 0.4) is 0 Å². The minimum atomic E-state index is 0.726. The van der Waals surface area contributed by atoms with Gasteiger partial charge >= 0.3 is 0 Å². The van der Waals surface area contributed by atoms with Gasteiger partial charge in [0.1, 0.15) is 0 Å². The zero-order valence-electron chi connectivity index (χ0n) is 8.69. The van der Waals surface area contributed by atoms with E-state index in [-0.39, 0.29) is 0 Å². The van der Waals surface area contributed by atoms with Crippen LogP contribution in [0.5, 0.6) is 0 Å². The van der Waals surface area contributed by atoms with Gasteiger partial charge in [0.15, 0.2) is 0 Å². The second-order valence-electron chi connectivity index (χ2n) is 4.77. The van der Waals surface area contributed by atoms with Crippen molar-refractivity contribution in [1.82, 2.24) is 4.90 Å². The zero-order chi connectivity index (χ0) is 9.83. The number of fused-ring (bicyclic) bond motifs is 5. The number of amidine groups is 1. The molecule has 1 saturated heterocycles. The Hall–Kier alpha value is -1.31. The first-order valence-electron chi connectivity index (χ1n) is 5.81. The lowest BCUT2D eigenvalue weighted by Crippen LogP contribution is -2.32. The third kappa shape index (κ3) is 0.921. The van der Waals surface area contributed by atoms with Crippen LogP contribution in [0.4, 0.5) is 0 Å². The number of benzene rings is 1. The Bertz CT molecular complexity index is 450. The molecular weight excluding hydrogens is 184 g/mol. The standard InChI is InChI=1S/C13H14N2/c1-2-4-10-9(3-1)7-12-11(10)8-13-14-5-6-15(12)13/h1-4,11-12H,5-8H2/t11-,12+/m1/s1. The molecule has 2 atom stereocenters. The van der Waals surface area contributed by atoms with Crippen LogP contribution in [0.15, 0.2) is 29.3 Å². The van der Waals surface area contributed by atoms with Crippen LogP contribution in [0.25, 0.3) is 0 Å². The molecule has 0 unspecified atom stereocenters. The fourth-order valence-electron chi connectivity index (χ4n) is 3.47. The summed E-state index contributed by atoms with van der Waals surface area (Å²) in [7, 11) is 0. The molecule has 1 aromatic carbocycles. The van der Waals surface area contributed by atoms with Crippen LogP contribution in [0.2, 0.25) is 0 Å². The highest BCUT2D eigenvalue weighted by Crippen LogP contribution is 2.44. The van der Waals surface area contributed by atoms with E-state index in [2.05, 4.69) is 34.2 Å². The molecule has 2 aliphatic heterocycles. The molecule has 2 heteroatoms. The highest BCUT2D eigenvalue weighted by atomic mass is 15.3. The molecule has 2 heterocycles. The first kappa shape index (κ1) is 7.91. The molecule has 15 heavy (non-hydrogen) atoms. The Kier molecular flexibility index (Phi) is 1.39. The second kappa shape index (κ2) is 2.63. The average Bonchev–Trinajstić information content (AvgIpc) is 2.87. The number of hydrogen-bond acceptors (Lipinski definition) is 2. The summed E-state index contributed by atoms with van der Waals surface area (Å²) in [5.74, 6) is 2.11. The Morgan fingerprint density at radius 1 is 1.20 bits per heavy atom. The van der Waals surface area contributed by atoms with Gasteiger partial charge in [0.25, 0.3) is 0 Å². The van der Waals surface area contributed by atoms with Crippen LogP contribution < -0.4 is 0 Å². The van der Waals surface area contributed by atoms with Crippen molar-refractivity contribution in [1.29, 1.82) is 0 Å². The summed E-state index contributed by atoms with van der Waals surface area (Å²) >= 11 is 0. The van der Waals surface area contributed by atoms with E-state index in [1.54, 1.807) is 11.1 Å². The molecule has 0 saturated carbocycles. The van der Waals surface area contributed by atoms with Crippen molar-refractivity contribution in [2.45, 2.75) is 24.8 Å². The summed E-state index contributed by atoms with van der Waals surface area (Å²) in [5.41, 5.74) is 3.15. The van der Waals surface area contributed by atoms with E-state index in [1.807, 2.05) is 0 Å². The van der Waals surface area contributed by atoms with Crippen molar-refractivity contribution in [2.75, 3.05) is 13.1 Å².